The van der Waals surface area contributed by atoms with Crippen molar-refractivity contribution in [3.05, 3.63) is 35.6 Å². The molecule has 0 radical (unpaired) electrons. The number of primary sulfonamides is 1. The van der Waals surface area contributed by atoms with Crippen LogP contribution >= 0.6 is 0 Å². The summed E-state index contributed by atoms with van der Waals surface area (Å²) < 4.78 is 34.5. The third-order valence-corrected chi connectivity index (χ3v) is 3.26. The number of benzene rings is 1. The standard InChI is InChI=1S/C9H12FNO2S/c1-7(14(11,12)13)5-8-3-2-4-9(10)6-8/h2-4,6-7H,5H2,1H3,(H2,11,12,13). The molecule has 78 valence electrons. The van der Waals surface area contributed by atoms with E-state index in [0.29, 0.717) is 5.56 Å². The number of hydrogen-bond acceptors (Lipinski definition) is 2. The Morgan fingerprint density at radius 1 is 1.50 bits per heavy atom. The van der Waals surface area contributed by atoms with E-state index in [4.69, 9.17) is 5.14 Å². The average Bonchev–Trinajstić information content (AvgIpc) is 2.02. The third kappa shape index (κ3) is 3.08. The topological polar surface area (TPSA) is 60.2 Å². The molecule has 0 saturated carbocycles. The molecule has 0 aliphatic carbocycles. The van der Waals surface area contributed by atoms with Crippen LogP contribution in [-0.2, 0) is 16.4 Å². The summed E-state index contributed by atoms with van der Waals surface area (Å²) in [4.78, 5) is 0. The van der Waals surface area contributed by atoms with Crippen LogP contribution in [0.3, 0.4) is 0 Å². The molecule has 0 aliphatic heterocycles. The Hall–Kier alpha value is -0.940. The smallest absolute Gasteiger partial charge is 0.212 e. The molecule has 0 aliphatic rings. The second-order valence-electron chi connectivity index (χ2n) is 3.23. The van der Waals surface area contributed by atoms with E-state index in [0.717, 1.165) is 0 Å². The molecule has 14 heavy (non-hydrogen) atoms. The van der Waals surface area contributed by atoms with Gasteiger partial charge in [0.15, 0.2) is 0 Å². The minimum Gasteiger partial charge on any atom is -0.228 e. The number of nitrogens with two attached hydrogens (primary N) is 1. The Morgan fingerprint density at radius 3 is 2.64 bits per heavy atom. The van der Waals surface area contributed by atoms with Gasteiger partial charge in [-0.25, -0.2) is 17.9 Å². The molecule has 3 nitrogen and oxygen atoms in total. The lowest BCUT2D eigenvalue weighted by Gasteiger charge is -2.08. The zero-order chi connectivity index (χ0) is 10.8. The molecule has 1 atom stereocenters. The van der Waals surface area contributed by atoms with Gasteiger partial charge in [-0.05, 0) is 31.0 Å². The molecule has 0 amide bonds. The van der Waals surface area contributed by atoms with Gasteiger partial charge in [0.2, 0.25) is 10.0 Å². The third-order valence-electron chi connectivity index (χ3n) is 1.97. The van der Waals surface area contributed by atoms with Gasteiger partial charge in [0.1, 0.15) is 5.82 Å². The van der Waals surface area contributed by atoms with Crippen LogP contribution < -0.4 is 5.14 Å². The number of sulfonamides is 1. The van der Waals surface area contributed by atoms with Crippen molar-refractivity contribution >= 4 is 10.0 Å². The van der Waals surface area contributed by atoms with Crippen LogP contribution in [0, 0.1) is 5.82 Å². The highest BCUT2D eigenvalue weighted by Crippen LogP contribution is 2.09. The maximum atomic E-state index is 12.7. The summed E-state index contributed by atoms with van der Waals surface area (Å²) in [7, 11) is -3.54. The molecule has 0 aromatic heterocycles. The zero-order valence-corrected chi connectivity index (χ0v) is 8.59. The maximum absolute atomic E-state index is 12.7. The van der Waals surface area contributed by atoms with Gasteiger partial charge in [-0.3, -0.25) is 0 Å². The summed E-state index contributed by atoms with van der Waals surface area (Å²) in [6.45, 7) is 1.50. The molecule has 1 unspecified atom stereocenters. The molecule has 1 rings (SSSR count). The van der Waals surface area contributed by atoms with Crippen molar-refractivity contribution in [3.63, 3.8) is 0 Å². The van der Waals surface area contributed by atoms with Crippen LogP contribution in [0.25, 0.3) is 0 Å². The Balaban J connectivity index is 2.80. The number of hydrogen-bond donors (Lipinski definition) is 1. The van der Waals surface area contributed by atoms with E-state index < -0.39 is 15.3 Å². The van der Waals surface area contributed by atoms with Gasteiger partial charge >= 0.3 is 0 Å². The lowest BCUT2D eigenvalue weighted by molar-refractivity contribution is 0.583. The minimum absolute atomic E-state index is 0.233. The van der Waals surface area contributed by atoms with Crippen LogP contribution in [-0.4, -0.2) is 13.7 Å². The summed E-state index contributed by atoms with van der Waals surface area (Å²) in [6.07, 6.45) is 0.233. The van der Waals surface area contributed by atoms with Crippen molar-refractivity contribution in [2.24, 2.45) is 5.14 Å². The van der Waals surface area contributed by atoms with E-state index in [1.165, 1.54) is 19.1 Å². The SMILES string of the molecule is CC(Cc1cccc(F)c1)S(N)(=O)=O. The first kappa shape index (κ1) is 11.1. The van der Waals surface area contributed by atoms with E-state index >= 15 is 0 Å². The fourth-order valence-electron chi connectivity index (χ4n) is 1.11. The van der Waals surface area contributed by atoms with Gasteiger partial charge in [-0.2, -0.15) is 0 Å². The average molecular weight is 217 g/mol. The fraction of sp³-hybridized carbons (Fsp3) is 0.333. The van der Waals surface area contributed by atoms with Crippen molar-refractivity contribution in [2.75, 3.05) is 0 Å². The molecular formula is C9H12FNO2S. The Morgan fingerprint density at radius 2 is 2.14 bits per heavy atom. The minimum atomic E-state index is -3.54. The van der Waals surface area contributed by atoms with Gasteiger partial charge in [0, 0.05) is 0 Å². The Kier molecular flexibility index (Phi) is 3.23. The molecule has 0 saturated heterocycles. The molecule has 0 spiro atoms. The van der Waals surface area contributed by atoms with Gasteiger partial charge < -0.3 is 0 Å². The molecule has 2 N–H and O–H groups in total. The van der Waals surface area contributed by atoms with Crippen molar-refractivity contribution in [2.45, 2.75) is 18.6 Å². The summed E-state index contributed by atoms with van der Waals surface area (Å²) in [5, 5.41) is 4.25. The fourth-order valence-corrected chi connectivity index (χ4v) is 1.54. The summed E-state index contributed by atoms with van der Waals surface area (Å²) >= 11 is 0. The van der Waals surface area contributed by atoms with Crippen LogP contribution in [0.2, 0.25) is 0 Å². The van der Waals surface area contributed by atoms with Crippen molar-refractivity contribution < 1.29 is 12.8 Å². The van der Waals surface area contributed by atoms with E-state index in [9.17, 15) is 12.8 Å². The van der Waals surface area contributed by atoms with E-state index in [2.05, 4.69) is 0 Å². The molecule has 1 aromatic rings. The van der Waals surface area contributed by atoms with E-state index in [1.54, 1.807) is 12.1 Å². The number of rotatable bonds is 3. The molecule has 0 bridgehead atoms. The first-order valence-corrected chi connectivity index (χ1v) is 5.76. The van der Waals surface area contributed by atoms with Crippen molar-refractivity contribution in [1.29, 1.82) is 0 Å². The highest BCUT2D eigenvalue weighted by atomic mass is 32.2. The number of halogens is 1. The Labute approximate surface area is 82.8 Å². The normalized spacial score (nSPS) is 13.9. The summed E-state index contributed by atoms with van der Waals surface area (Å²) in [5.41, 5.74) is 0.631. The zero-order valence-electron chi connectivity index (χ0n) is 7.77. The molecule has 0 heterocycles. The maximum Gasteiger partial charge on any atom is 0.212 e. The van der Waals surface area contributed by atoms with Crippen LogP contribution in [0.5, 0.6) is 0 Å². The lowest BCUT2D eigenvalue weighted by atomic mass is 10.1. The van der Waals surface area contributed by atoms with Crippen LogP contribution in [0.1, 0.15) is 12.5 Å². The van der Waals surface area contributed by atoms with E-state index in [-0.39, 0.29) is 12.2 Å². The first-order chi connectivity index (χ1) is 6.39. The molecular weight excluding hydrogens is 205 g/mol. The van der Waals surface area contributed by atoms with Crippen molar-refractivity contribution in [3.8, 4) is 0 Å². The Bertz CT molecular complexity index is 417. The van der Waals surface area contributed by atoms with Gasteiger partial charge in [0.25, 0.3) is 0 Å². The summed E-state index contributed by atoms with van der Waals surface area (Å²) in [5.74, 6) is -0.371. The van der Waals surface area contributed by atoms with Crippen LogP contribution in [0.4, 0.5) is 4.39 Å². The van der Waals surface area contributed by atoms with Gasteiger partial charge in [0.05, 0.1) is 5.25 Å². The summed E-state index contributed by atoms with van der Waals surface area (Å²) in [6, 6.07) is 5.83. The monoisotopic (exact) mass is 217 g/mol. The molecule has 1 aromatic carbocycles. The first-order valence-electron chi connectivity index (χ1n) is 4.15. The van der Waals surface area contributed by atoms with Crippen molar-refractivity contribution in [1.82, 2.24) is 0 Å². The molecule has 0 fully saturated rings. The van der Waals surface area contributed by atoms with Crippen LogP contribution in [0.15, 0.2) is 24.3 Å². The predicted octanol–water partition coefficient (Wildman–Crippen LogP) is 1.05. The molecule has 5 heteroatoms. The predicted molar refractivity (Wildman–Crippen MR) is 52.7 cm³/mol. The lowest BCUT2D eigenvalue weighted by Crippen LogP contribution is -2.27. The van der Waals surface area contributed by atoms with Gasteiger partial charge in [-0.1, -0.05) is 12.1 Å². The largest absolute Gasteiger partial charge is 0.228 e. The van der Waals surface area contributed by atoms with E-state index in [1.807, 2.05) is 0 Å². The van der Waals surface area contributed by atoms with Gasteiger partial charge in [-0.15, -0.1) is 0 Å². The quantitative estimate of drug-likeness (QED) is 0.822. The highest BCUT2D eigenvalue weighted by molar-refractivity contribution is 7.89. The highest BCUT2D eigenvalue weighted by Gasteiger charge is 2.15. The second-order valence-corrected chi connectivity index (χ2v) is 5.22. The second kappa shape index (κ2) is 4.06.